The molecule has 6 nitrogen and oxygen atoms in total. The van der Waals surface area contributed by atoms with Gasteiger partial charge in [0.2, 0.25) is 10.0 Å². The maximum Gasteiger partial charge on any atom is 0.242 e. The monoisotopic (exact) mass is 280 g/mol. The van der Waals surface area contributed by atoms with Crippen LogP contribution in [0.4, 0.5) is 0 Å². The Morgan fingerprint density at radius 3 is 2.68 bits per heavy atom. The second-order valence-electron chi connectivity index (χ2n) is 4.44. The summed E-state index contributed by atoms with van der Waals surface area (Å²) in [6.07, 6.45) is 3.58. The van der Waals surface area contributed by atoms with E-state index in [0.29, 0.717) is 6.54 Å². The number of nitrogens with zero attached hydrogens (tertiary/aromatic N) is 3. The van der Waals surface area contributed by atoms with Crippen molar-refractivity contribution in [1.29, 1.82) is 5.26 Å². The van der Waals surface area contributed by atoms with Gasteiger partial charge in [-0.3, -0.25) is 0 Å². The summed E-state index contributed by atoms with van der Waals surface area (Å²) in [5, 5.41) is 8.61. The SMILES string of the molecule is N#Cc1ccc(S(=O)(=O)NCCN2CCCC2)cn1. The Kier molecular flexibility index (Phi) is 4.47. The van der Waals surface area contributed by atoms with Gasteiger partial charge >= 0.3 is 0 Å². The average Bonchev–Trinajstić information content (AvgIpc) is 2.92. The minimum absolute atomic E-state index is 0.0907. The molecular formula is C12H16N4O2S. The molecule has 0 radical (unpaired) electrons. The lowest BCUT2D eigenvalue weighted by Crippen LogP contribution is -2.33. The van der Waals surface area contributed by atoms with Gasteiger partial charge in [0.15, 0.2) is 0 Å². The molecule has 7 heteroatoms. The summed E-state index contributed by atoms with van der Waals surface area (Å²) in [4.78, 5) is 6.08. The van der Waals surface area contributed by atoms with Gasteiger partial charge in [0, 0.05) is 19.3 Å². The van der Waals surface area contributed by atoms with Crippen LogP contribution in [0.3, 0.4) is 0 Å². The van der Waals surface area contributed by atoms with Crippen molar-refractivity contribution in [2.75, 3.05) is 26.2 Å². The molecule has 1 aromatic heterocycles. The van der Waals surface area contributed by atoms with E-state index in [1.54, 1.807) is 0 Å². The highest BCUT2D eigenvalue weighted by molar-refractivity contribution is 7.89. The molecular weight excluding hydrogens is 264 g/mol. The summed E-state index contributed by atoms with van der Waals surface area (Å²) in [6, 6.07) is 4.64. The highest BCUT2D eigenvalue weighted by Gasteiger charge is 2.16. The average molecular weight is 280 g/mol. The summed E-state index contributed by atoms with van der Waals surface area (Å²) < 4.78 is 26.5. The Hall–Kier alpha value is -1.49. The minimum atomic E-state index is -3.53. The molecule has 0 saturated carbocycles. The largest absolute Gasteiger partial charge is 0.302 e. The van der Waals surface area contributed by atoms with Crippen molar-refractivity contribution < 1.29 is 8.42 Å². The standard InChI is InChI=1S/C12H16N4O2S/c13-9-11-3-4-12(10-14-11)19(17,18)15-5-8-16-6-1-2-7-16/h3-4,10,15H,1-2,5-8H2. The van der Waals surface area contributed by atoms with Crippen LogP contribution in [0.1, 0.15) is 18.5 Å². The molecule has 0 atom stereocenters. The van der Waals surface area contributed by atoms with E-state index in [1.165, 1.54) is 31.2 Å². The first-order valence-corrected chi connectivity index (χ1v) is 7.68. The van der Waals surface area contributed by atoms with Gasteiger partial charge in [0.1, 0.15) is 16.7 Å². The molecule has 0 spiro atoms. The Morgan fingerprint density at radius 1 is 1.37 bits per heavy atom. The molecule has 0 unspecified atom stereocenters. The van der Waals surface area contributed by atoms with E-state index in [2.05, 4.69) is 14.6 Å². The van der Waals surface area contributed by atoms with Crippen LogP contribution in [0.15, 0.2) is 23.2 Å². The molecule has 102 valence electrons. The first-order chi connectivity index (χ1) is 9.12. The first kappa shape index (κ1) is 13.9. The van der Waals surface area contributed by atoms with Crippen LogP contribution >= 0.6 is 0 Å². The van der Waals surface area contributed by atoms with Gasteiger partial charge in [-0.1, -0.05) is 0 Å². The number of nitriles is 1. The highest BCUT2D eigenvalue weighted by Crippen LogP contribution is 2.08. The predicted octanol–water partition coefficient (Wildman–Crippen LogP) is 0.327. The van der Waals surface area contributed by atoms with Crippen LogP contribution in [0.2, 0.25) is 0 Å². The van der Waals surface area contributed by atoms with Crippen molar-refractivity contribution in [3.05, 3.63) is 24.0 Å². The Labute approximate surface area is 113 Å². The number of pyridine rings is 1. The van der Waals surface area contributed by atoms with Crippen molar-refractivity contribution in [1.82, 2.24) is 14.6 Å². The van der Waals surface area contributed by atoms with E-state index in [9.17, 15) is 8.42 Å². The zero-order valence-corrected chi connectivity index (χ0v) is 11.4. The Bertz CT molecular complexity index is 556. The van der Waals surface area contributed by atoms with Gasteiger partial charge < -0.3 is 4.90 Å². The molecule has 0 aromatic carbocycles. The third kappa shape index (κ3) is 3.73. The fraction of sp³-hybridized carbons (Fsp3) is 0.500. The number of likely N-dealkylation sites (tertiary alicyclic amines) is 1. The van der Waals surface area contributed by atoms with Crippen LogP contribution in [-0.4, -0.2) is 44.5 Å². The summed E-state index contributed by atoms with van der Waals surface area (Å²) in [6.45, 7) is 3.20. The van der Waals surface area contributed by atoms with E-state index >= 15 is 0 Å². The molecule has 19 heavy (non-hydrogen) atoms. The quantitative estimate of drug-likeness (QED) is 0.840. The lowest BCUT2D eigenvalue weighted by atomic mass is 10.4. The van der Waals surface area contributed by atoms with Crippen molar-refractivity contribution in [2.24, 2.45) is 0 Å². The molecule has 1 fully saturated rings. The van der Waals surface area contributed by atoms with Gasteiger partial charge in [-0.05, 0) is 38.1 Å². The normalized spacial score (nSPS) is 16.4. The number of hydrogen-bond acceptors (Lipinski definition) is 5. The molecule has 1 aromatic rings. The zero-order chi connectivity index (χ0) is 13.7. The summed E-state index contributed by atoms with van der Waals surface area (Å²) >= 11 is 0. The number of nitrogens with one attached hydrogen (secondary N) is 1. The molecule has 0 bridgehead atoms. The lowest BCUT2D eigenvalue weighted by molar-refractivity contribution is 0.344. The molecule has 0 aliphatic carbocycles. The first-order valence-electron chi connectivity index (χ1n) is 6.20. The van der Waals surface area contributed by atoms with Gasteiger partial charge in [-0.15, -0.1) is 0 Å². The maximum atomic E-state index is 12.0. The maximum absolute atomic E-state index is 12.0. The predicted molar refractivity (Wildman–Crippen MR) is 69.8 cm³/mol. The Balaban J connectivity index is 1.91. The third-order valence-corrected chi connectivity index (χ3v) is 4.53. The van der Waals surface area contributed by atoms with E-state index in [-0.39, 0.29) is 10.6 Å². The highest BCUT2D eigenvalue weighted by atomic mass is 32.2. The van der Waals surface area contributed by atoms with E-state index in [4.69, 9.17) is 5.26 Å². The lowest BCUT2D eigenvalue weighted by Gasteiger charge is -2.14. The fourth-order valence-corrected chi connectivity index (χ4v) is 3.00. The van der Waals surface area contributed by atoms with Gasteiger partial charge in [-0.25, -0.2) is 18.1 Å². The Morgan fingerprint density at radius 2 is 2.11 bits per heavy atom. The van der Waals surface area contributed by atoms with Crippen molar-refractivity contribution in [3.63, 3.8) is 0 Å². The van der Waals surface area contributed by atoms with Crippen LogP contribution in [0.25, 0.3) is 0 Å². The molecule has 1 saturated heterocycles. The van der Waals surface area contributed by atoms with E-state index in [0.717, 1.165) is 19.6 Å². The van der Waals surface area contributed by atoms with Gasteiger partial charge in [0.05, 0.1) is 0 Å². The van der Waals surface area contributed by atoms with Crippen LogP contribution < -0.4 is 4.72 Å². The third-order valence-electron chi connectivity index (χ3n) is 3.08. The second-order valence-corrected chi connectivity index (χ2v) is 6.20. The second kappa shape index (κ2) is 6.10. The summed E-state index contributed by atoms with van der Waals surface area (Å²) in [5.41, 5.74) is 0.205. The molecule has 0 amide bonds. The van der Waals surface area contributed by atoms with Crippen LogP contribution in [0, 0.1) is 11.3 Å². The van der Waals surface area contributed by atoms with E-state index in [1.807, 2.05) is 6.07 Å². The summed E-state index contributed by atoms with van der Waals surface area (Å²) in [5.74, 6) is 0. The number of rotatable bonds is 5. The summed E-state index contributed by atoms with van der Waals surface area (Å²) in [7, 11) is -3.53. The van der Waals surface area contributed by atoms with E-state index < -0.39 is 10.0 Å². The van der Waals surface area contributed by atoms with Crippen molar-refractivity contribution in [3.8, 4) is 6.07 Å². The molecule has 1 N–H and O–H groups in total. The smallest absolute Gasteiger partial charge is 0.242 e. The number of hydrogen-bond donors (Lipinski definition) is 1. The topological polar surface area (TPSA) is 86.1 Å². The molecule has 1 aliphatic heterocycles. The molecule has 2 heterocycles. The number of aromatic nitrogens is 1. The van der Waals surface area contributed by atoms with Crippen LogP contribution in [-0.2, 0) is 10.0 Å². The van der Waals surface area contributed by atoms with Gasteiger partial charge in [-0.2, -0.15) is 5.26 Å². The molecule has 1 aliphatic rings. The molecule has 2 rings (SSSR count). The zero-order valence-electron chi connectivity index (χ0n) is 10.5. The fourth-order valence-electron chi connectivity index (χ4n) is 2.03. The number of sulfonamides is 1. The van der Waals surface area contributed by atoms with Crippen LogP contribution in [0.5, 0.6) is 0 Å². The minimum Gasteiger partial charge on any atom is -0.302 e. The van der Waals surface area contributed by atoms with Crippen molar-refractivity contribution >= 4 is 10.0 Å². The van der Waals surface area contributed by atoms with Crippen molar-refractivity contribution in [2.45, 2.75) is 17.7 Å². The van der Waals surface area contributed by atoms with Gasteiger partial charge in [0.25, 0.3) is 0 Å².